The Labute approximate surface area is 312 Å². The molecule has 0 radical (unpaired) electrons. The van der Waals surface area contributed by atoms with Gasteiger partial charge in [0.05, 0.1) is 23.9 Å². The van der Waals surface area contributed by atoms with Gasteiger partial charge in [-0.05, 0) is 72.0 Å². The smallest absolute Gasteiger partial charge is 0.329 e. The summed E-state index contributed by atoms with van der Waals surface area (Å²) in [5, 5.41) is 20.3. The molecule has 2 aromatic carbocycles. The number of nitrogens with zero attached hydrogens (tertiary/aromatic N) is 5. The number of pyridine rings is 1. The highest BCUT2D eigenvalue weighted by Crippen LogP contribution is 2.39. The van der Waals surface area contributed by atoms with Crippen LogP contribution in [0.5, 0.6) is 5.88 Å². The van der Waals surface area contributed by atoms with Crippen molar-refractivity contribution in [1.82, 2.24) is 19.3 Å². The number of benzene rings is 2. The van der Waals surface area contributed by atoms with E-state index >= 15 is 0 Å². The Morgan fingerprint density at radius 2 is 1.60 bits per heavy atom. The minimum absolute atomic E-state index is 0.0216. The van der Waals surface area contributed by atoms with Crippen molar-refractivity contribution in [3.63, 3.8) is 0 Å². The van der Waals surface area contributed by atoms with E-state index in [1.54, 1.807) is 22.6 Å². The van der Waals surface area contributed by atoms with Crippen molar-refractivity contribution in [2.24, 2.45) is 5.92 Å². The van der Waals surface area contributed by atoms with E-state index < -0.39 is 23.3 Å². The van der Waals surface area contributed by atoms with Gasteiger partial charge in [0.15, 0.2) is 0 Å². The topological polar surface area (TPSA) is 162 Å². The summed E-state index contributed by atoms with van der Waals surface area (Å²) in [6.45, 7) is 7.53. The van der Waals surface area contributed by atoms with Gasteiger partial charge >= 0.3 is 5.69 Å². The maximum Gasteiger partial charge on any atom is 0.329 e. The Kier molecular flexibility index (Phi) is 11.8. The zero-order valence-corrected chi connectivity index (χ0v) is 32.6. The zero-order chi connectivity index (χ0) is 37.6. The third-order valence-electron chi connectivity index (χ3n) is 10.3. The van der Waals surface area contributed by atoms with Crippen molar-refractivity contribution >= 4 is 51.9 Å². The number of nitro groups is 1. The fraction of sp³-hybridized carbons (Fsp3) is 0.447. The Hall–Kier alpha value is -4.44. The van der Waals surface area contributed by atoms with Gasteiger partial charge in [0.1, 0.15) is 11.9 Å². The molecule has 1 saturated carbocycles. The molecule has 0 spiro atoms. The van der Waals surface area contributed by atoms with E-state index in [9.17, 15) is 18.5 Å². The molecule has 2 aliphatic rings. The molecule has 1 aliphatic carbocycles. The molecule has 4 aromatic rings. The number of piperidine rings is 1. The van der Waals surface area contributed by atoms with Crippen molar-refractivity contribution in [2.45, 2.75) is 76.5 Å². The molecular formula is C38H49N7O6SSi. The van der Waals surface area contributed by atoms with Crippen LogP contribution in [-0.2, 0) is 14.4 Å². The van der Waals surface area contributed by atoms with Gasteiger partial charge in [-0.3, -0.25) is 10.1 Å². The van der Waals surface area contributed by atoms with Crippen molar-refractivity contribution in [3.05, 3.63) is 95.3 Å². The number of anilines is 3. The van der Waals surface area contributed by atoms with Crippen LogP contribution in [0.1, 0.15) is 59.3 Å². The van der Waals surface area contributed by atoms with Crippen molar-refractivity contribution in [2.75, 3.05) is 36.6 Å². The maximum atomic E-state index is 14.0. The monoisotopic (exact) mass is 759 g/mol. The first-order valence-electron chi connectivity index (χ1n) is 18.2. The number of sulfonamides is 1. The summed E-state index contributed by atoms with van der Waals surface area (Å²) >= 11 is 0. The van der Waals surface area contributed by atoms with Gasteiger partial charge in [-0.25, -0.2) is 18.4 Å². The Bertz CT molecular complexity index is 1920. The third kappa shape index (κ3) is 8.69. The van der Waals surface area contributed by atoms with Gasteiger partial charge in [-0.2, -0.15) is 9.29 Å². The molecule has 282 valence electrons. The average molecular weight is 760 g/mol. The molecular weight excluding hydrogens is 711 g/mol. The van der Waals surface area contributed by atoms with Crippen LogP contribution in [0.4, 0.5) is 23.1 Å². The van der Waals surface area contributed by atoms with E-state index in [4.69, 9.17) is 9.16 Å². The highest BCUT2D eigenvalue weighted by Gasteiger charge is 2.52. The lowest BCUT2D eigenvalue weighted by molar-refractivity contribution is -0.384. The number of methoxy groups -OCH3 is 1. The van der Waals surface area contributed by atoms with E-state index in [0.29, 0.717) is 50.3 Å². The summed E-state index contributed by atoms with van der Waals surface area (Å²) < 4.78 is 42.2. The lowest BCUT2D eigenvalue weighted by Gasteiger charge is -2.46. The predicted octanol–water partition coefficient (Wildman–Crippen LogP) is 5.87. The van der Waals surface area contributed by atoms with Crippen LogP contribution in [0.25, 0.3) is 0 Å². The number of nitrogens with one attached hydrogen (secondary N) is 2. The van der Waals surface area contributed by atoms with Crippen molar-refractivity contribution in [3.8, 4) is 5.88 Å². The minimum Gasteiger partial charge on any atom is -0.480 e. The first kappa shape index (κ1) is 38.3. The fourth-order valence-corrected chi connectivity index (χ4v) is 14.4. The van der Waals surface area contributed by atoms with Gasteiger partial charge in [0.2, 0.25) is 27.7 Å². The maximum absolute atomic E-state index is 14.0. The van der Waals surface area contributed by atoms with Crippen molar-refractivity contribution in [1.29, 1.82) is 0 Å². The van der Waals surface area contributed by atoms with Crippen LogP contribution in [0.2, 0.25) is 5.04 Å². The van der Waals surface area contributed by atoms with Crippen LogP contribution in [-0.4, -0.2) is 79.0 Å². The fourth-order valence-electron chi connectivity index (χ4n) is 7.71. The second-order valence-corrected chi connectivity index (χ2v) is 21.2. The van der Waals surface area contributed by atoms with Gasteiger partial charge in [0.25, 0.3) is 8.32 Å². The number of aromatic nitrogens is 3. The molecule has 13 nitrogen and oxygen atoms in total. The highest BCUT2D eigenvalue weighted by atomic mass is 32.2. The summed E-state index contributed by atoms with van der Waals surface area (Å²) in [6, 6.07) is 24.3. The summed E-state index contributed by atoms with van der Waals surface area (Å²) in [5.74, 6) is 0.644. The van der Waals surface area contributed by atoms with Crippen LogP contribution < -0.4 is 25.7 Å². The highest BCUT2D eigenvalue weighted by molar-refractivity contribution is 7.89. The van der Waals surface area contributed by atoms with E-state index in [1.807, 2.05) is 12.1 Å². The molecule has 2 N–H and O–H groups in total. The largest absolute Gasteiger partial charge is 0.480 e. The molecule has 2 aromatic heterocycles. The van der Waals surface area contributed by atoms with Gasteiger partial charge < -0.3 is 19.8 Å². The summed E-state index contributed by atoms with van der Waals surface area (Å²) in [5.41, 5.74) is 0.282. The second-order valence-electron chi connectivity index (χ2n) is 14.9. The van der Waals surface area contributed by atoms with Crippen LogP contribution in [0.15, 0.2) is 85.2 Å². The SMILES string of the molecule is COc1ncccc1Nc1ncc([N+](=O)[O-])c(NC2CCC(CS(=O)(=O)N3CCCC(O[Si](c4ccccc4)(c4ccccc4)C(C)(C)C)C3)CC2)n1. The molecule has 0 bridgehead atoms. The van der Waals surface area contributed by atoms with E-state index in [-0.39, 0.29) is 46.3 Å². The normalized spacial score (nSPS) is 20.0. The van der Waals surface area contributed by atoms with Crippen LogP contribution in [0.3, 0.4) is 0 Å². The van der Waals surface area contributed by atoms with Crippen molar-refractivity contribution < 1.29 is 22.5 Å². The molecule has 2 fully saturated rings. The average Bonchev–Trinajstić information content (AvgIpc) is 3.15. The number of ether oxygens (including phenoxy) is 1. The third-order valence-corrected chi connectivity index (χ3v) is 17.4. The van der Waals surface area contributed by atoms with E-state index in [2.05, 4.69) is 94.9 Å². The van der Waals surface area contributed by atoms with E-state index in [0.717, 1.165) is 12.8 Å². The number of hydrogen-bond acceptors (Lipinski definition) is 11. The van der Waals surface area contributed by atoms with Gasteiger partial charge in [-0.1, -0.05) is 81.4 Å². The quantitative estimate of drug-likeness (QED) is 0.0953. The second kappa shape index (κ2) is 16.3. The molecule has 15 heteroatoms. The predicted molar refractivity (Wildman–Crippen MR) is 209 cm³/mol. The van der Waals surface area contributed by atoms with E-state index in [1.165, 1.54) is 23.7 Å². The standard InChI is InChI=1S/C38H49N7O6SSi/c1-38(2,3)53(31-14-7-5-8-15-31,32-16-9-6-10-17-32)51-30-13-12-24-44(26-30)52(48,49)27-28-19-21-29(22-20-28)41-35-34(45(46)47)25-40-37(43-35)42-33-18-11-23-39-36(33)50-4/h5-11,14-18,23,25,28-30H,12-13,19-22,24,26-27H2,1-4H3,(H2,40,41,42,43). The number of rotatable bonds is 13. The Morgan fingerprint density at radius 1 is 0.943 bits per heavy atom. The molecule has 0 amide bonds. The van der Waals surface area contributed by atoms with Gasteiger partial charge in [-0.15, -0.1) is 0 Å². The summed E-state index contributed by atoms with van der Waals surface area (Å²) in [7, 11) is -4.90. The summed E-state index contributed by atoms with van der Waals surface area (Å²) in [4.78, 5) is 24.0. The molecule has 3 heterocycles. The molecule has 1 aliphatic heterocycles. The molecule has 1 unspecified atom stereocenters. The van der Waals surface area contributed by atoms with Crippen LogP contribution >= 0.6 is 0 Å². The minimum atomic E-state index is -3.56. The summed E-state index contributed by atoms with van der Waals surface area (Å²) in [6.07, 6.45) is 6.71. The number of hydrogen-bond donors (Lipinski definition) is 2. The molecule has 1 atom stereocenters. The molecule has 1 saturated heterocycles. The Balaban J connectivity index is 1.10. The van der Waals surface area contributed by atoms with Crippen LogP contribution in [0, 0.1) is 16.0 Å². The zero-order valence-electron chi connectivity index (χ0n) is 30.8. The lowest BCUT2D eigenvalue weighted by atomic mass is 9.87. The Morgan fingerprint density at radius 3 is 2.21 bits per heavy atom. The first-order valence-corrected chi connectivity index (χ1v) is 21.7. The lowest BCUT2D eigenvalue weighted by Crippen LogP contribution is -2.68. The molecule has 6 rings (SSSR count). The molecule has 53 heavy (non-hydrogen) atoms. The van der Waals surface area contributed by atoms with Gasteiger partial charge in [0, 0.05) is 25.3 Å². The first-order chi connectivity index (χ1) is 25.4.